The number of benzene rings is 1. The van der Waals surface area contributed by atoms with Gasteiger partial charge in [-0.25, -0.2) is 4.68 Å². The number of nitrogens with one attached hydrogen (secondary N) is 1. The third kappa shape index (κ3) is 3.32. The smallest absolute Gasteiger partial charge is 0.277 e. The highest BCUT2D eigenvalue weighted by atomic mass is 16.2. The van der Waals surface area contributed by atoms with Crippen molar-refractivity contribution in [3.05, 3.63) is 34.6 Å². The molecule has 6 nitrogen and oxygen atoms in total. The van der Waals surface area contributed by atoms with Crippen molar-refractivity contribution in [2.45, 2.75) is 51.1 Å². The van der Waals surface area contributed by atoms with Crippen molar-refractivity contribution in [1.82, 2.24) is 20.3 Å². The lowest BCUT2D eigenvalue weighted by molar-refractivity contribution is -0.122. The second-order valence-corrected chi connectivity index (χ2v) is 5.79. The molecule has 0 radical (unpaired) electrons. The highest BCUT2D eigenvalue weighted by Crippen LogP contribution is 2.17. The Balaban J connectivity index is 1.62. The van der Waals surface area contributed by atoms with E-state index in [-0.39, 0.29) is 24.4 Å². The standard InChI is InChI=1S/C16H20N4O2/c21-15(17-12-6-2-1-3-7-12)10-11-20-16(22)13-8-4-5-9-14(13)18-19-20/h4-5,8-9,12H,1-3,6-7,10-11H2,(H,17,21). The van der Waals surface area contributed by atoms with E-state index < -0.39 is 0 Å². The predicted molar refractivity (Wildman–Crippen MR) is 83.4 cm³/mol. The summed E-state index contributed by atoms with van der Waals surface area (Å²) in [4.78, 5) is 24.2. The molecule has 1 amide bonds. The molecule has 1 N–H and O–H groups in total. The number of rotatable bonds is 4. The first kappa shape index (κ1) is 14.7. The van der Waals surface area contributed by atoms with Gasteiger partial charge in [0.05, 0.1) is 11.9 Å². The molecular formula is C16H20N4O2. The van der Waals surface area contributed by atoms with Gasteiger partial charge in [0.1, 0.15) is 5.52 Å². The molecule has 3 rings (SSSR count). The number of aryl methyl sites for hydroxylation is 1. The summed E-state index contributed by atoms with van der Waals surface area (Å²) in [5.41, 5.74) is 0.381. The van der Waals surface area contributed by atoms with Crippen molar-refractivity contribution in [3.8, 4) is 0 Å². The molecule has 1 aliphatic carbocycles. The van der Waals surface area contributed by atoms with Gasteiger partial charge in [-0.15, -0.1) is 5.10 Å². The monoisotopic (exact) mass is 300 g/mol. The first-order valence-electron chi connectivity index (χ1n) is 7.86. The summed E-state index contributed by atoms with van der Waals surface area (Å²) in [5, 5.41) is 11.5. The topological polar surface area (TPSA) is 76.9 Å². The molecular weight excluding hydrogens is 280 g/mol. The fourth-order valence-electron chi connectivity index (χ4n) is 2.92. The first-order valence-corrected chi connectivity index (χ1v) is 7.86. The summed E-state index contributed by atoms with van der Waals surface area (Å²) in [6, 6.07) is 7.39. The highest BCUT2D eigenvalue weighted by molar-refractivity contribution is 5.77. The van der Waals surface area contributed by atoms with Gasteiger partial charge in [0.15, 0.2) is 0 Å². The first-order chi connectivity index (χ1) is 10.7. The number of hydrogen-bond acceptors (Lipinski definition) is 4. The highest BCUT2D eigenvalue weighted by Gasteiger charge is 2.15. The Hall–Kier alpha value is -2.24. The largest absolute Gasteiger partial charge is 0.353 e. The zero-order valence-electron chi connectivity index (χ0n) is 12.5. The zero-order valence-corrected chi connectivity index (χ0v) is 12.5. The van der Waals surface area contributed by atoms with Crippen molar-refractivity contribution >= 4 is 16.8 Å². The number of hydrogen-bond donors (Lipinski definition) is 1. The maximum absolute atomic E-state index is 12.3. The van der Waals surface area contributed by atoms with Gasteiger partial charge in [0, 0.05) is 12.5 Å². The summed E-state index contributed by atoms with van der Waals surface area (Å²) in [7, 11) is 0. The van der Waals surface area contributed by atoms with Gasteiger partial charge in [-0.05, 0) is 25.0 Å². The van der Waals surface area contributed by atoms with Crippen LogP contribution in [-0.2, 0) is 11.3 Å². The second kappa shape index (κ2) is 6.68. The zero-order chi connectivity index (χ0) is 15.4. The van der Waals surface area contributed by atoms with Gasteiger partial charge in [0.2, 0.25) is 5.91 Å². The van der Waals surface area contributed by atoms with Gasteiger partial charge in [-0.3, -0.25) is 9.59 Å². The summed E-state index contributed by atoms with van der Waals surface area (Å²) in [6.45, 7) is 0.259. The Kier molecular flexibility index (Phi) is 4.46. The van der Waals surface area contributed by atoms with Gasteiger partial charge < -0.3 is 5.32 Å². The summed E-state index contributed by atoms with van der Waals surface area (Å²) < 4.78 is 1.27. The molecule has 2 aromatic rings. The number of carbonyl (C=O) groups is 1. The van der Waals surface area contributed by atoms with Crippen LogP contribution in [0.4, 0.5) is 0 Å². The molecule has 0 spiro atoms. The molecule has 1 heterocycles. The molecule has 22 heavy (non-hydrogen) atoms. The van der Waals surface area contributed by atoms with E-state index in [0.717, 1.165) is 12.8 Å². The van der Waals surface area contributed by atoms with E-state index in [1.54, 1.807) is 18.2 Å². The molecule has 1 aromatic heterocycles. The van der Waals surface area contributed by atoms with Gasteiger partial charge in [-0.1, -0.05) is 36.6 Å². The summed E-state index contributed by atoms with van der Waals surface area (Å²) in [6.07, 6.45) is 5.99. The third-order valence-corrected chi connectivity index (χ3v) is 4.15. The van der Waals surface area contributed by atoms with Crippen molar-refractivity contribution in [1.29, 1.82) is 0 Å². The minimum Gasteiger partial charge on any atom is -0.353 e. The molecule has 116 valence electrons. The number of nitrogens with zero attached hydrogens (tertiary/aromatic N) is 3. The Morgan fingerprint density at radius 2 is 2.00 bits per heavy atom. The lowest BCUT2D eigenvalue weighted by atomic mass is 9.95. The quantitative estimate of drug-likeness (QED) is 0.931. The molecule has 6 heteroatoms. The van der Waals surface area contributed by atoms with E-state index in [1.165, 1.54) is 23.9 Å². The van der Waals surface area contributed by atoms with E-state index >= 15 is 0 Å². The normalized spacial score (nSPS) is 15.8. The Bertz CT molecular complexity index is 719. The Labute approximate surface area is 128 Å². The van der Waals surface area contributed by atoms with Gasteiger partial charge >= 0.3 is 0 Å². The lowest BCUT2D eigenvalue weighted by Crippen LogP contribution is -2.37. The second-order valence-electron chi connectivity index (χ2n) is 5.79. The van der Waals surface area contributed by atoms with Crippen LogP contribution in [0.5, 0.6) is 0 Å². The maximum atomic E-state index is 12.3. The fraction of sp³-hybridized carbons (Fsp3) is 0.500. The van der Waals surface area contributed by atoms with Crippen LogP contribution in [0.3, 0.4) is 0 Å². The Morgan fingerprint density at radius 1 is 1.23 bits per heavy atom. The van der Waals surface area contributed by atoms with Crippen LogP contribution in [-0.4, -0.2) is 26.9 Å². The van der Waals surface area contributed by atoms with E-state index in [4.69, 9.17) is 0 Å². The van der Waals surface area contributed by atoms with Gasteiger partial charge in [-0.2, -0.15) is 0 Å². The van der Waals surface area contributed by atoms with E-state index in [2.05, 4.69) is 15.6 Å². The van der Waals surface area contributed by atoms with Crippen LogP contribution in [0, 0.1) is 0 Å². The van der Waals surface area contributed by atoms with Crippen LogP contribution >= 0.6 is 0 Å². The van der Waals surface area contributed by atoms with Crippen molar-refractivity contribution in [2.24, 2.45) is 0 Å². The maximum Gasteiger partial charge on any atom is 0.277 e. The molecule has 0 atom stereocenters. The molecule has 0 unspecified atom stereocenters. The number of carbonyl (C=O) groups excluding carboxylic acids is 1. The number of amides is 1. The average Bonchev–Trinajstić information content (AvgIpc) is 2.55. The van der Waals surface area contributed by atoms with Crippen LogP contribution in [0.15, 0.2) is 29.1 Å². The molecule has 1 saturated carbocycles. The molecule has 0 aliphatic heterocycles. The summed E-state index contributed by atoms with van der Waals surface area (Å²) >= 11 is 0. The van der Waals surface area contributed by atoms with Gasteiger partial charge in [0.25, 0.3) is 5.56 Å². The third-order valence-electron chi connectivity index (χ3n) is 4.15. The molecule has 1 aromatic carbocycles. The number of aromatic nitrogens is 3. The molecule has 1 fully saturated rings. The fourth-order valence-corrected chi connectivity index (χ4v) is 2.92. The predicted octanol–water partition coefficient (Wildman–Crippen LogP) is 1.63. The van der Waals surface area contributed by atoms with Crippen molar-refractivity contribution in [2.75, 3.05) is 0 Å². The van der Waals surface area contributed by atoms with E-state index in [9.17, 15) is 9.59 Å². The van der Waals surface area contributed by atoms with Crippen LogP contribution in [0.25, 0.3) is 10.9 Å². The van der Waals surface area contributed by atoms with E-state index in [1.807, 2.05) is 6.07 Å². The number of fused-ring (bicyclic) bond motifs is 1. The Morgan fingerprint density at radius 3 is 2.82 bits per heavy atom. The average molecular weight is 300 g/mol. The minimum atomic E-state index is -0.198. The molecule has 0 saturated heterocycles. The van der Waals surface area contributed by atoms with E-state index in [0.29, 0.717) is 16.9 Å². The van der Waals surface area contributed by atoms with Crippen molar-refractivity contribution < 1.29 is 4.79 Å². The summed E-state index contributed by atoms with van der Waals surface area (Å²) in [5.74, 6) is -0.0197. The minimum absolute atomic E-state index is 0.0197. The van der Waals surface area contributed by atoms with Crippen LogP contribution in [0.2, 0.25) is 0 Å². The SMILES string of the molecule is O=C(CCn1nnc2ccccc2c1=O)NC1CCCCC1. The van der Waals surface area contributed by atoms with Crippen LogP contribution in [0.1, 0.15) is 38.5 Å². The molecule has 1 aliphatic rings. The van der Waals surface area contributed by atoms with Crippen LogP contribution < -0.4 is 10.9 Å². The molecule has 0 bridgehead atoms. The lowest BCUT2D eigenvalue weighted by Gasteiger charge is -2.22. The van der Waals surface area contributed by atoms with Crippen molar-refractivity contribution in [3.63, 3.8) is 0 Å².